The highest BCUT2D eigenvalue weighted by Crippen LogP contribution is 2.22. The number of benzene rings is 3. The van der Waals surface area contributed by atoms with Crippen LogP contribution in [0, 0.1) is 5.92 Å². The molecule has 0 aliphatic heterocycles. The van der Waals surface area contributed by atoms with Gasteiger partial charge in [0.25, 0.3) is 0 Å². The number of carbonyl (C=O) groups excluding carboxylic acids is 10. The van der Waals surface area contributed by atoms with Gasteiger partial charge in [-0.2, -0.15) is 0 Å². The number of para-hydroxylation sites is 2. The first-order valence-corrected chi connectivity index (χ1v) is 28.1. The van der Waals surface area contributed by atoms with Crippen LogP contribution in [0.3, 0.4) is 0 Å². The van der Waals surface area contributed by atoms with E-state index >= 15 is 0 Å². The summed E-state index contributed by atoms with van der Waals surface area (Å²) in [5, 5.41) is 52.0. The molecule has 3 aromatic carbocycles. The Morgan fingerprint density at radius 3 is 1.48 bits per heavy atom. The van der Waals surface area contributed by atoms with Crippen LogP contribution in [-0.2, 0) is 72.0 Å². The van der Waals surface area contributed by atoms with E-state index in [1.165, 1.54) is 31.2 Å². The SMILES string of the molecule is CC(C)[C@H](NC(=O)[C@H](CCC(N)=O)NC(=O)[C@H](Cc1c[nH]c2ccccc12)NC(=O)[C@H](Cc1ccc(O)cc1)NC(=O)[C@H](CCC(N)=O)NC(=O)CNC(=O)[C@H](Cc1c[nH]c2ccccc12)NC(=O)[C@@H](NC(=O)[C@@H](N)CCCCN)[C@@H](C)O)C(=O)O. The van der Waals surface area contributed by atoms with Crippen LogP contribution in [0.1, 0.15) is 82.4 Å². The zero-order valence-corrected chi connectivity index (χ0v) is 48.0. The molecule has 28 nitrogen and oxygen atoms in total. The van der Waals surface area contributed by atoms with E-state index in [1.54, 1.807) is 74.8 Å². The molecule has 0 fully saturated rings. The number of carboxylic acid groups (broad SMARTS) is 1. The van der Waals surface area contributed by atoms with E-state index in [0.717, 1.165) is 0 Å². The maximum absolute atomic E-state index is 14.8. The summed E-state index contributed by atoms with van der Waals surface area (Å²) in [4.78, 5) is 155. The van der Waals surface area contributed by atoms with Crippen molar-refractivity contribution in [1.82, 2.24) is 52.5 Å². The number of carboxylic acids is 1. The van der Waals surface area contributed by atoms with Gasteiger partial charge in [0.05, 0.1) is 18.7 Å². The Morgan fingerprint density at radius 2 is 0.977 bits per heavy atom. The van der Waals surface area contributed by atoms with Gasteiger partial charge in [0.15, 0.2) is 0 Å². The van der Waals surface area contributed by atoms with Gasteiger partial charge in [0.1, 0.15) is 48.0 Å². The number of nitrogens with two attached hydrogens (primary N) is 4. The molecule has 5 aromatic rings. The Bertz CT molecular complexity index is 3200. The number of aromatic hydroxyl groups is 1. The molecule has 2 heterocycles. The second-order valence-corrected chi connectivity index (χ2v) is 21.3. The van der Waals surface area contributed by atoms with E-state index in [0.29, 0.717) is 57.9 Å². The quantitative estimate of drug-likeness (QED) is 0.0195. The minimum atomic E-state index is -1.63. The molecular formula is C58H78N14O14. The molecule has 0 spiro atoms. The molecule has 0 saturated heterocycles. The number of unbranched alkanes of at least 4 members (excludes halogenated alkanes) is 1. The third-order valence-electron chi connectivity index (χ3n) is 14.1. The number of hydrogen-bond acceptors (Lipinski definition) is 15. The summed E-state index contributed by atoms with van der Waals surface area (Å²) >= 11 is 0. The highest BCUT2D eigenvalue weighted by atomic mass is 16.4. The van der Waals surface area contributed by atoms with E-state index in [4.69, 9.17) is 22.9 Å². The van der Waals surface area contributed by atoms with Crippen molar-refractivity contribution in [1.29, 1.82) is 0 Å². The molecule has 0 radical (unpaired) electrons. The number of hydrogen-bond donors (Lipinski definition) is 17. The maximum Gasteiger partial charge on any atom is 0.326 e. The van der Waals surface area contributed by atoms with Gasteiger partial charge in [-0.15, -0.1) is 0 Å². The Balaban J connectivity index is 1.40. The van der Waals surface area contributed by atoms with Crippen molar-refractivity contribution < 1.29 is 68.1 Å². The first-order chi connectivity index (χ1) is 40.8. The number of phenols is 1. The van der Waals surface area contributed by atoms with Crippen LogP contribution in [0.4, 0.5) is 0 Å². The van der Waals surface area contributed by atoms with Crippen LogP contribution in [0.25, 0.3) is 21.8 Å². The van der Waals surface area contributed by atoms with Crippen LogP contribution in [-0.4, -0.2) is 158 Å². The second-order valence-electron chi connectivity index (χ2n) is 21.3. The number of aromatic nitrogens is 2. The lowest BCUT2D eigenvalue weighted by atomic mass is 10.00. The monoisotopic (exact) mass is 1190 g/mol. The standard InChI is InChI=1S/C58H78N14O14/c1-30(2)49(58(85)86)71-54(81)42(20-22-47(62)76)67-56(83)45(26-34-28-64-40-14-7-5-11-37(34)40)69-55(82)43(24-32-15-17-35(74)18-16-32)68-53(80)41(19-21-46(61)75)66-48(77)29-65-52(79)44(25-33-27-63-39-13-6-4-10-36(33)39)70-57(84)50(31(3)73)72-51(78)38(60)12-8-9-23-59/h4-7,10-11,13-18,27-28,30-31,38,41-45,49-50,63-64,73-74H,8-9,12,19-26,29,59-60H2,1-3H3,(H2,61,75)(H2,62,76)(H,65,79)(H,66,77)(H,67,83)(H,68,80)(H,69,82)(H,70,84)(H,71,81)(H,72,78)(H,85,86)/t31-,38+,41+,42+,43+,44+,45+,49+,50+/m1/s1. The minimum Gasteiger partial charge on any atom is -0.508 e. The number of aliphatic hydroxyl groups is 1. The molecule has 0 aliphatic rings. The van der Waals surface area contributed by atoms with Crippen molar-refractivity contribution in [3.63, 3.8) is 0 Å². The lowest BCUT2D eigenvalue weighted by Crippen LogP contribution is -2.60. The number of phenolic OH excluding ortho intramolecular Hbond substituents is 1. The molecule has 5 rings (SSSR count). The summed E-state index contributed by atoms with van der Waals surface area (Å²) in [7, 11) is 0. The molecule has 21 N–H and O–H groups in total. The third-order valence-corrected chi connectivity index (χ3v) is 14.1. The number of primary amides is 2. The molecule has 464 valence electrons. The fourth-order valence-corrected chi connectivity index (χ4v) is 9.33. The first kappa shape index (κ1) is 67.4. The fourth-order valence-electron chi connectivity index (χ4n) is 9.33. The number of H-pyrrole nitrogens is 2. The average molecular weight is 1200 g/mol. The van der Waals surface area contributed by atoms with Crippen LogP contribution < -0.4 is 65.5 Å². The molecule has 86 heavy (non-hydrogen) atoms. The van der Waals surface area contributed by atoms with E-state index in [2.05, 4.69) is 52.5 Å². The van der Waals surface area contributed by atoms with Gasteiger partial charge in [-0.05, 0) is 86.0 Å². The van der Waals surface area contributed by atoms with Gasteiger partial charge < -0.3 is 90.8 Å². The number of aliphatic hydroxyl groups excluding tert-OH is 1. The van der Waals surface area contributed by atoms with Crippen LogP contribution in [0.5, 0.6) is 5.75 Å². The molecular weight excluding hydrogens is 1120 g/mol. The summed E-state index contributed by atoms with van der Waals surface area (Å²) < 4.78 is 0. The number of aromatic amines is 2. The van der Waals surface area contributed by atoms with Gasteiger partial charge >= 0.3 is 5.97 Å². The highest BCUT2D eigenvalue weighted by molar-refractivity contribution is 5.99. The van der Waals surface area contributed by atoms with Gasteiger partial charge in [0.2, 0.25) is 59.1 Å². The number of fused-ring (bicyclic) bond motifs is 2. The predicted octanol–water partition coefficient (Wildman–Crippen LogP) is -2.00. The Hall–Kier alpha value is -9.41. The highest BCUT2D eigenvalue weighted by Gasteiger charge is 2.36. The smallest absolute Gasteiger partial charge is 0.326 e. The summed E-state index contributed by atoms with van der Waals surface area (Å²) in [5.74, 6) is -11.4. The van der Waals surface area contributed by atoms with Crippen molar-refractivity contribution >= 4 is 86.8 Å². The topological polar surface area (TPSA) is 480 Å². The van der Waals surface area contributed by atoms with Crippen molar-refractivity contribution in [2.45, 2.75) is 139 Å². The number of rotatable bonds is 35. The molecule has 0 saturated carbocycles. The van der Waals surface area contributed by atoms with Crippen molar-refractivity contribution in [3.05, 3.63) is 102 Å². The number of nitrogens with one attached hydrogen (secondary N) is 10. The summed E-state index contributed by atoms with van der Waals surface area (Å²) in [6, 6.07) is 7.85. The molecule has 28 heteroatoms. The van der Waals surface area contributed by atoms with Crippen molar-refractivity contribution in [3.8, 4) is 5.75 Å². The second kappa shape index (κ2) is 32.6. The van der Waals surface area contributed by atoms with Crippen LogP contribution >= 0.6 is 0 Å². The minimum absolute atomic E-state index is 0.136. The normalized spacial score (nSPS) is 14.4. The molecule has 2 aromatic heterocycles. The predicted molar refractivity (Wildman–Crippen MR) is 314 cm³/mol. The first-order valence-electron chi connectivity index (χ1n) is 28.1. The van der Waals surface area contributed by atoms with Crippen LogP contribution in [0.2, 0.25) is 0 Å². The Kier molecular flexibility index (Phi) is 25.5. The average Bonchev–Trinajstić information content (AvgIpc) is 3.36. The fraction of sp³-hybridized carbons (Fsp3) is 0.431. The number of carbonyl (C=O) groups is 11. The summed E-state index contributed by atoms with van der Waals surface area (Å²) in [5.41, 5.74) is 25.3. The van der Waals surface area contributed by atoms with Crippen molar-refractivity contribution in [2.75, 3.05) is 13.1 Å². The van der Waals surface area contributed by atoms with E-state index in [-0.39, 0.29) is 37.9 Å². The Morgan fingerprint density at radius 1 is 0.523 bits per heavy atom. The Labute approximate surface area is 494 Å². The lowest BCUT2D eigenvalue weighted by Gasteiger charge is -2.27. The van der Waals surface area contributed by atoms with Gasteiger partial charge in [0, 0.05) is 66.3 Å². The molecule has 10 amide bonds. The summed E-state index contributed by atoms with van der Waals surface area (Å²) in [6.07, 6.45) is 0.694. The van der Waals surface area contributed by atoms with Gasteiger partial charge in [-0.3, -0.25) is 47.9 Å². The maximum atomic E-state index is 14.8. The molecule has 0 bridgehead atoms. The largest absolute Gasteiger partial charge is 0.508 e. The van der Waals surface area contributed by atoms with E-state index in [9.17, 15) is 68.1 Å². The summed E-state index contributed by atoms with van der Waals surface area (Å²) in [6.45, 7) is 3.89. The number of amides is 10. The lowest BCUT2D eigenvalue weighted by molar-refractivity contribution is -0.143. The van der Waals surface area contributed by atoms with Gasteiger partial charge in [-0.1, -0.05) is 68.8 Å². The van der Waals surface area contributed by atoms with Crippen molar-refractivity contribution in [2.24, 2.45) is 28.9 Å². The zero-order valence-electron chi connectivity index (χ0n) is 48.0. The van der Waals surface area contributed by atoms with Gasteiger partial charge in [-0.25, -0.2) is 4.79 Å². The zero-order chi connectivity index (χ0) is 63.2. The van der Waals surface area contributed by atoms with E-state index < -0.39 is 151 Å². The molecule has 9 atom stereocenters. The van der Waals surface area contributed by atoms with E-state index in [1.807, 2.05) is 0 Å². The molecule has 0 unspecified atom stereocenters. The number of aliphatic carboxylic acids is 1. The van der Waals surface area contributed by atoms with Crippen LogP contribution in [0.15, 0.2) is 85.2 Å². The molecule has 0 aliphatic carbocycles. The third kappa shape index (κ3) is 20.4.